The maximum Gasteiger partial charge on any atom is 0.339 e. The van der Waals surface area contributed by atoms with Crippen molar-refractivity contribution in [2.75, 3.05) is 26.7 Å². The number of ether oxygens (including phenoxy) is 1. The van der Waals surface area contributed by atoms with Crippen LogP contribution in [0.1, 0.15) is 15.9 Å². The van der Waals surface area contributed by atoms with Crippen LogP contribution < -0.4 is 5.73 Å². The molecule has 0 spiro atoms. The first-order valence-electron chi connectivity index (χ1n) is 8.02. The fourth-order valence-electron chi connectivity index (χ4n) is 2.48. The molecule has 2 rings (SSSR count). The first-order valence-corrected chi connectivity index (χ1v) is 9.84. The van der Waals surface area contributed by atoms with Crippen LogP contribution in [-0.2, 0) is 21.2 Å². The predicted octanol–water partition coefficient (Wildman–Crippen LogP) is 2.32. The van der Waals surface area contributed by atoms with Crippen molar-refractivity contribution in [3.63, 3.8) is 0 Å². The second-order valence-electron chi connectivity index (χ2n) is 5.56. The van der Waals surface area contributed by atoms with Crippen molar-refractivity contribution in [3.8, 4) is 0 Å². The summed E-state index contributed by atoms with van der Waals surface area (Å²) in [5, 5.41) is 0.0219. The summed E-state index contributed by atoms with van der Waals surface area (Å²) in [4.78, 5) is 11.6. The van der Waals surface area contributed by atoms with Crippen LogP contribution in [-0.4, -0.2) is 45.4 Å². The molecule has 0 bridgehead atoms. The molecule has 0 atom stereocenters. The van der Waals surface area contributed by atoms with Crippen molar-refractivity contribution in [1.29, 1.82) is 0 Å². The van der Waals surface area contributed by atoms with Crippen LogP contribution in [0.25, 0.3) is 0 Å². The molecule has 0 aliphatic heterocycles. The predicted molar refractivity (Wildman–Crippen MR) is 101 cm³/mol. The van der Waals surface area contributed by atoms with E-state index >= 15 is 0 Å². The van der Waals surface area contributed by atoms with Gasteiger partial charge >= 0.3 is 5.97 Å². The van der Waals surface area contributed by atoms with E-state index < -0.39 is 16.0 Å². The molecule has 0 radical (unpaired) electrons. The zero-order valence-electron chi connectivity index (χ0n) is 14.4. The van der Waals surface area contributed by atoms with Crippen molar-refractivity contribution in [2.24, 2.45) is 5.73 Å². The lowest BCUT2D eigenvalue weighted by Crippen LogP contribution is -2.37. The van der Waals surface area contributed by atoms with Crippen LogP contribution in [0.15, 0.2) is 53.4 Å². The highest BCUT2D eigenvalue weighted by Gasteiger charge is 2.25. The molecule has 0 amide bonds. The number of esters is 1. The first kappa shape index (κ1) is 20.4. The maximum absolute atomic E-state index is 12.9. The topological polar surface area (TPSA) is 89.7 Å². The Morgan fingerprint density at radius 1 is 1.15 bits per heavy atom. The number of methoxy groups -OCH3 is 1. The number of carbonyl (C=O) groups is 1. The first-order chi connectivity index (χ1) is 12.4. The number of rotatable bonds is 8. The van der Waals surface area contributed by atoms with Gasteiger partial charge in [0.15, 0.2) is 0 Å². The Labute approximate surface area is 158 Å². The van der Waals surface area contributed by atoms with E-state index in [-0.39, 0.29) is 28.6 Å². The van der Waals surface area contributed by atoms with E-state index in [1.165, 1.54) is 29.6 Å². The van der Waals surface area contributed by atoms with Gasteiger partial charge in [-0.05, 0) is 30.2 Å². The Morgan fingerprint density at radius 2 is 1.85 bits per heavy atom. The summed E-state index contributed by atoms with van der Waals surface area (Å²) in [7, 11) is -2.56. The molecule has 2 N–H and O–H groups in total. The van der Waals surface area contributed by atoms with E-state index in [1.54, 1.807) is 0 Å². The Hall–Kier alpha value is -1.93. The van der Waals surface area contributed by atoms with Gasteiger partial charge in [-0.3, -0.25) is 0 Å². The van der Waals surface area contributed by atoms with Crippen LogP contribution >= 0.6 is 11.6 Å². The smallest absolute Gasteiger partial charge is 0.339 e. The number of hydrogen-bond donors (Lipinski definition) is 1. The van der Waals surface area contributed by atoms with Gasteiger partial charge < -0.3 is 10.5 Å². The molecule has 0 fully saturated rings. The van der Waals surface area contributed by atoms with Gasteiger partial charge in [0.05, 0.1) is 22.6 Å². The molecule has 0 heterocycles. The molecule has 0 saturated carbocycles. The Morgan fingerprint density at radius 3 is 2.42 bits per heavy atom. The highest BCUT2D eigenvalue weighted by Crippen LogP contribution is 2.24. The summed E-state index contributed by atoms with van der Waals surface area (Å²) >= 11 is 6.06. The van der Waals surface area contributed by atoms with Gasteiger partial charge in [0, 0.05) is 19.6 Å². The number of carbonyl (C=O) groups excluding carboxylic acids is 1. The van der Waals surface area contributed by atoms with Gasteiger partial charge in [0.2, 0.25) is 10.0 Å². The lowest BCUT2D eigenvalue weighted by molar-refractivity contribution is 0.0601. The highest BCUT2D eigenvalue weighted by molar-refractivity contribution is 7.89. The fourth-order valence-corrected chi connectivity index (χ4v) is 4.28. The standard InChI is InChI=1S/C18H21ClN2O4S/c1-25-18(22)16-8-7-15(13-17(16)19)26(23,24)21(12-10-20)11-9-14-5-3-2-4-6-14/h2-8,13H,9-12,20H2,1H3. The molecule has 0 saturated heterocycles. The van der Waals surface area contributed by atoms with Crippen molar-refractivity contribution in [2.45, 2.75) is 11.3 Å². The summed E-state index contributed by atoms with van der Waals surface area (Å²) < 4.78 is 31.8. The van der Waals surface area contributed by atoms with Crippen molar-refractivity contribution >= 4 is 27.6 Å². The average molecular weight is 397 g/mol. The Kier molecular flexibility index (Phi) is 7.16. The summed E-state index contributed by atoms with van der Waals surface area (Å²) in [6.45, 7) is 0.674. The number of benzene rings is 2. The zero-order chi connectivity index (χ0) is 19.2. The van der Waals surface area contributed by atoms with E-state index in [9.17, 15) is 13.2 Å². The largest absolute Gasteiger partial charge is 0.465 e. The van der Waals surface area contributed by atoms with Gasteiger partial charge in [-0.25, -0.2) is 13.2 Å². The molecular weight excluding hydrogens is 376 g/mol. The molecule has 8 heteroatoms. The second-order valence-corrected chi connectivity index (χ2v) is 7.91. The highest BCUT2D eigenvalue weighted by atomic mass is 35.5. The van der Waals surface area contributed by atoms with Crippen molar-refractivity contribution in [3.05, 3.63) is 64.7 Å². The monoisotopic (exact) mass is 396 g/mol. The third kappa shape index (κ3) is 4.82. The molecule has 0 aliphatic carbocycles. The summed E-state index contributed by atoms with van der Waals surface area (Å²) in [5.74, 6) is -0.623. The van der Waals surface area contributed by atoms with Gasteiger partial charge in [0.1, 0.15) is 0 Å². The third-order valence-electron chi connectivity index (χ3n) is 3.85. The minimum absolute atomic E-state index is 0.0108. The molecule has 2 aromatic carbocycles. The van der Waals surface area contributed by atoms with Gasteiger partial charge in [-0.2, -0.15) is 4.31 Å². The molecule has 0 unspecified atom stereocenters. The second kappa shape index (κ2) is 9.14. The van der Waals surface area contributed by atoms with Gasteiger partial charge in [-0.1, -0.05) is 41.9 Å². The van der Waals surface area contributed by atoms with Gasteiger partial charge in [-0.15, -0.1) is 0 Å². The van der Waals surface area contributed by atoms with E-state index in [1.807, 2.05) is 30.3 Å². The molecular formula is C18H21ClN2O4S. The lowest BCUT2D eigenvalue weighted by atomic mass is 10.1. The molecule has 6 nitrogen and oxygen atoms in total. The quantitative estimate of drug-likeness (QED) is 0.691. The molecule has 140 valence electrons. The minimum atomic E-state index is -3.79. The molecule has 2 aromatic rings. The SMILES string of the molecule is COC(=O)c1ccc(S(=O)(=O)N(CCN)CCc2ccccc2)cc1Cl. The van der Waals surface area contributed by atoms with Crippen molar-refractivity contribution < 1.29 is 17.9 Å². The minimum Gasteiger partial charge on any atom is -0.465 e. The summed E-state index contributed by atoms with van der Waals surface area (Å²) in [5.41, 5.74) is 6.74. The van der Waals surface area contributed by atoms with E-state index in [0.717, 1.165) is 5.56 Å². The number of hydrogen-bond acceptors (Lipinski definition) is 5. The lowest BCUT2D eigenvalue weighted by Gasteiger charge is -2.22. The normalized spacial score (nSPS) is 11.5. The Balaban J connectivity index is 2.26. The van der Waals surface area contributed by atoms with Crippen LogP contribution in [0.2, 0.25) is 5.02 Å². The van der Waals surface area contributed by atoms with E-state index in [2.05, 4.69) is 4.74 Å². The number of halogens is 1. The van der Waals surface area contributed by atoms with Crippen molar-refractivity contribution in [1.82, 2.24) is 4.31 Å². The van der Waals surface area contributed by atoms with Crippen LogP contribution in [0, 0.1) is 0 Å². The Bertz CT molecular complexity index is 857. The maximum atomic E-state index is 12.9. The summed E-state index contributed by atoms with van der Waals surface area (Å²) in [6.07, 6.45) is 0.564. The molecule has 0 aromatic heterocycles. The average Bonchev–Trinajstić information content (AvgIpc) is 2.65. The summed E-state index contributed by atoms with van der Waals surface area (Å²) in [6, 6.07) is 13.5. The van der Waals surface area contributed by atoms with E-state index in [0.29, 0.717) is 13.0 Å². The fraction of sp³-hybridized carbons (Fsp3) is 0.278. The van der Waals surface area contributed by atoms with Gasteiger partial charge in [0.25, 0.3) is 0 Å². The number of nitrogens with zero attached hydrogens (tertiary/aromatic N) is 1. The molecule has 0 aliphatic rings. The number of sulfonamides is 1. The van der Waals surface area contributed by atoms with Crippen LogP contribution in [0.5, 0.6) is 0 Å². The zero-order valence-corrected chi connectivity index (χ0v) is 16.0. The van der Waals surface area contributed by atoms with Crippen LogP contribution in [0.4, 0.5) is 0 Å². The molecule has 26 heavy (non-hydrogen) atoms. The third-order valence-corrected chi connectivity index (χ3v) is 6.06. The van der Waals surface area contributed by atoms with E-state index in [4.69, 9.17) is 17.3 Å². The number of nitrogens with two attached hydrogens (primary N) is 1. The van der Waals surface area contributed by atoms with Crippen LogP contribution in [0.3, 0.4) is 0 Å².